The molecule has 2 aromatic heterocycles. The minimum Gasteiger partial charge on any atom is -0.445 e. The van der Waals surface area contributed by atoms with E-state index in [0.717, 1.165) is 5.56 Å². The molecule has 3 rings (SSSR count). The van der Waals surface area contributed by atoms with Gasteiger partial charge in [0.1, 0.15) is 18.4 Å². The highest BCUT2D eigenvalue weighted by Gasteiger charge is 2.17. The second-order valence-electron chi connectivity index (χ2n) is 6.35. The number of hydrogen-bond acceptors (Lipinski definition) is 6. The molecule has 0 aliphatic carbocycles. The second kappa shape index (κ2) is 8.25. The minimum atomic E-state index is -0.878. The van der Waals surface area contributed by atoms with Crippen LogP contribution in [0, 0.1) is 11.3 Å². The standard InChI is InChI=1S/C19H18ClN5O3/c1-11(22-18(27)17-10-28-19(23-17)12(2)26)9-25-6-5-16(24-25)13-3-4-14(8-21)15(20)7-13/h3-7,10-12,26H,9H2,1-2H3,(H,22,27). The number of carbonyl (C=O) groups excluding carboxylic acids is 1. The maximum Gasteiger partial charge on any atom is 0.273 e. The van der Waals surface area contributed by atoms with Crippen molar-refractivity contribution in [2.75, 3.05) is 0 Å². The third kappa shape index (κ3) is 4.39. The van der Waals surface area contributed by atoms with E-state index in [2.05, 4.69) is 15.4 Å². The zero-order chi connectivity index (χ0) is 20.3. The molecule has 0 fully saturated rings. The van der Waals surface area contributed by atoms with Crippen LogP contribution in [0.15, 0.2) is 41.1 Å². The maximum absolute atomic E-state index is 12.2. The summed E-state index contributed by atoms with van der Waals surface area (Å²) in [7, 11) is 0. The lowest BCUT2D eigenvalue weighted by atomic mass is 10.1. The van der Waals surface area contributed by atoms with Crippen LogP contribution in [-0.4, -0.2) is 31.8 Å². The van der Waals surface area contributed by atoms with Crippen molar-refractivity contribution in [1.29, 1.82) is 5.26 Å². The minimum absolute atomic E-state index is 0.0931. The van der Waals surface area contributed by atoms with Crippen LogP contribution >= 0.6 is 11.6 Å². The Morgan fingerprint density at radius 3 is 2.86 bits per heavy atom. The van der Waals surface area contributed by atoms with E-state index in [1.54, 1.807) is 29.1 Å². The van der Waals surface area contributed by atoms with Gasteiger partial charge in [0.2, 0.25) is 5.89 Å². The van der Waals surface area contributed by atoms with E-state index in [-0.39, 0.29) is 17.6 Å². The van der Waals surface area contributed by atoms with Crippen molar-refractivity contribution in [3.63, 3.8) is 0 Å². The number of hydrogen-bond donors (Lipinski definition) is 2. The number of aliphatic hydroxyl groups excluding tert-OH is 1. The largest absolute Gasteiger partial charge is 0.445 e. The van der Waals surface area contributed by atoms with Gasteiger partial charge in [-0.15, -0.1) is 0 Å². The Kier molecular flexibility index (Phi) is 5.78. The molecule has 1 amide bonds. The van der Waals surface area contributed by atoms with Gasteiger partial charge >= 0.3 is 0 Å². The molecule has 2 heterocycles. The average molecular weight is 400 g/mol. The molecular formula is C19H18ClN5O3. The molecule has 0 aliphatic heterocycles. The second-order valence-corrected chi connectivity index (χ2v) is 6.76. The van der Waals surface area contributed by atoms with E-state index in [1.165, 1.54) is 13.2 Å². The first kappa shape index (κ1) is 19.6. The van der Waals surface area contributed by atoms with Gasteiger partial charge in [0.05, 0.1) is 22.8 Å². The van der Waals surface area contributed by atoms with Gasteiger partial charge in [0, 0.05) is 17.8 Å². The number of rotatable bonds is 6. The van der Waals surface area contributed by atoms with E-state index >= 15 is 0 Å². The van der Waals surface area contributed by atoms with Gasteiger partial charge in [-0.05, 0) is 32.0 Å². The number of benzene rings is 1. The predicted molar refractivity (Wildman–Crippen MR) is 101 cm³/mol. The molecule has 0 saturated carbocycles. The first-order chi connectivity index (χ1) is 13.4. The van der Waals surface area contributed by atoms with E-state index < -0.39 is 12.0 Å². The summed E-state index contributed by atoms with van der Waals surface area (Å²) in [6.45, 7) is 3.79. The normalized spacial score (nSPS) is 13.0. The Morgan fingerprint density at radius 2 is 2.21 bits per heavy atom. The van der Waals surface area contributed by atoms with Gasteiger partial charge in [-0.25, -0.2) is 4.98 Å². The molecule has 28 heavy (non-hydrogen) atoms. The van der Waals surface area contributed by atoms with E-state index in [1.807, 2.05) is 19.1 Å². The molecule has 0 spiro atoms. The summed E-state index contributed by atoms with van der Waals surface area (Å²) in [5.41, 5.74) is 2.03. The zero-order valence-corrected chi connectivity index (χ0v) is 16.0. The number of amides is 1. The van der Waals surface area contributed by atoms with Crippen LogP contribution in [0.3, 0.4) is 0 Å². The molecule has 0 saturated heterocycles. The summed E-state index contributed by atoms with van der Waals surface area (Å²) < 4.78 is 6.76. The third-order valence-corrected chi connectivity index (χ3v) is 4.29. The topological polar surface area (TPSA) is 117 Å². The van der Waals surface area contributed by atoms with Crippen LogP contribution in [0.1, 0.15) is 41.9 Å². The van der Waals surface area contributed by atoms with Crippen LogP contribution in [0.2, 0.25) is 5.02 Å². The number of aliphatic hydroxyl groups is 1. The van der Waals surface area contributed by atoms with E-state index in [9.17, 15) is 9.90 Å². The van der Waals surface area contributed by atoms with Gasteiger partial charge < -0.3 is 14.8 Å². The number of halogens is 1. The van der Waals surface area contributed by atoms with Crippen LogP contribution in [0.5, 0.6) is 0 Å². The first-order valence-electron chi connectivity index (χ1n) is 8.55. The third-order valence-electron chi connectivity index (χ3n) is 3.98. The molecule has 1 aromatic carbocycles. The zero-order valence-electron chi connectivity index (χ0n) is 15.3. The van der Waals surface area contributed by atoms with Crippen LogP contribution in [-0.2, 0) is 6.54 Å². The number of nitriles is 1. The Hall–Kier alpha value is -3.15. The Morgan fingerprint density at radius 1 is 1.43 bits per heavy atom. The summed E-state index contributed by atoms with van der Waals surface area (Å²) in [5, 5.41) is 26.0. The van der Waals surface area contributed by atoms with Gasteiger partial charge in [-0.3, -0.25) is 9.48 Å². The molecular weight excluding hydrogens is 382 g/mol. The van der Waals surface area contributed by atoms with Crippen LogP contribution in [0.25, 0.3) is 11.3 Å². The molecule has 2 N–H and O–H groups in total. The number of oxazole rings is 1. The lowest BCUT2D eigenvalue weighted by Gasteiger charge is -2.12. The fourth-order valence-electron chi connectivity index (χ4n) is 2.59. The van der Waals surface area contributed by atoms with E-state index in [0.29, 0.717) is 22.8 Å². The quantitative estimate of drug-likeness (QED) is 0.658. The highest BCUT2D eigenvalue weighted by atomic mass is 35.5. The molecule has 144 valence electrons. The molecule has 2 unspecified atom stereocenters. The first-order valence-corrected chi connectivity index (χ1v) is 8.93. The van der Waals surface area contributed by atoms with Crippen LogP contribution < -0.4 is 5.32 Å². The number of nitrogens with one attached hydrogen (secondary N) is 1. The summed E-state index contributed by atoms with van der Waals surface area (Å²) in [5.74, 6) is -0.301. The van der Waals surface area contributed by atoms with Crippen molar-refractivity contribution in [3.05, 3.63) is 58.9 Å². The number of aromatic nitrogens is 3. The highest BCUT2D eigenvalue weighted by molar-refractivity contribution is 6.32. The smallest absolute Gasteiger partial charge is 0.273 e. The van der Waals surface area contributed by atoms with Crippen molar-refractivity contribution >= 4 is 17.5 Å². The maximum atomic E-state index is 12.2. The molecule has 0 aliphatic rings. The van der Waals surface area contributed by atoms with Crippen molar-refractivity contribution in [2.24, 2.45) is 0 Å². The van der Waals surface area contributed by atoms with Crippen molar-refractivity contribution < 1.29 is 14.3 Å². The Balaban J connectivity index is 1.63. The molecule has 3 aromatic rings. The van der Waals surface area contributed by atoms with Crippen LogP contribution in [0.4, 0.5) is 0 Å². The summed E-state index contributed by atoms with van der Waals surface area (Å²) in [6, 6.07) is 8.76. The van der Waals surface area contributed by atoms with Gasteiger partial charge in [-0.1, -0.05) is 17.7 Å². The van der Waals surface area contributed by atoms with Gasteiger partial charge in [-0.2, -0.15) is 10.4 Å². The highest BCUT2D eigenvalue weighted by Crippen LogP contribution is 2.24. The molecule has 0 bridgehead atoms. The summed E-state index contributed by atoms with van der Waals surface area (Å²) in [4.78, 5) is 16.2. The Labute approximate surface area is 166 Å². The average Bonchev–Trinajstić information content (AvgIpc) is 3.31. The Bertz CT molecular complexity index is 1030. The summed E-state index contributed by atoms with van der Waals surface area (Å²) in [6.07, 6.45) is 2.13. The number of nitrogens with zero attached hydrogens (tertiary/aromatic N) is 4. The predicted octanol–water partition coefficient (Wildman–Crippen LogP) is 2.93. The van der Waals surface area contributed by atoms with Crippen molar-refractivity contribution in [1.82, 2.24) is 20.1 Å². The summed E-state index contributed by atoms with van der Waals surface area (Å²) >= 11 is 6.07. The van der Waals surface area contributed by atoms with Crippen molar-refractivity contribution in [2.45, 2.75) is 32.5 Å². The molecule has 8 nitrogen and oxygen atoms in total. The van der Waals surface area contributed by atoms with Gasteiger partial charge in [0.25, 0.3) is 5.91 Å². The number of carbonyl (C=O) groups is 1. The fourth-order valence-corrected chi connectivity index (χ4v) is 2.81. The molecule has 0 radical (unpaired) electrons. The lowest BCUT2D eigenvalue weighted by Crippen LogP contribution is -2.36. The fraction of sp³-hybridized carbons (Fsp3) is 0.263. The molecule has 2 atom stereocenters. The monoisotopic (exact) mass is 399 g/mol. The van der Waals surface area contributed by atoms with Gasteiger partial charge in [0.15, 0.2) is 5.69 Å². The SMILES string of the molecule is CC(Cn1ccc(-c2ccc(C#N)c(Cl)c2)n1)NC(=O)c1coc(C(C)O)n1. The molecule has 9 heteroatoms. The van der Waals surface area contributed by atoms with E-state index in [4.69, 9.17) is 21.3 Å². The lowest BCUT2D eigenvalue weighted by molar-refractivity contribution is 0.0931. The van der Waals surface area contributed by atoms with Crippen molar-refractivity contribution in [3.8, 4) is 17.3 Å².